The second-order valence-electron chi connectivity index (χ2n) is 6.34. The largest absolute Gasteiger partial charge is 0.503 e. The summed E-state index contributed by atoms with van der Waals surface area (Å²) in [5.41, 5.74) is 0.641. The fraction of sp³-hybridized carbons (Fsp3) is 0.444. The van der Waals surface area contributed by atoms with Crippen molar-refractivity contribution >= 4 is 34.9 Å². The molecule has 6 nitrogen and oxygen atoms in total. The van der Waals surface area contributed by atoms with Crippen molar-refractivity contribution in [3.63, 3.8) is 0 Å². The van der Waals surface area contributed by atoms with Crippen LogP contribution in [-0.4, -0.2) is 66.0 Å². The van der Waals surface area contributed by atoms with Crippen LogP contribution in [-0.2, 0) is 14.3 Å². The van der Waals surface area contributed by atoms with Crippen molar-refractivity contribution in [3.8, 4) is 0 Å². The number of nitrogens with zero attached hydrogens (tertiary/aromatic N) is 2. The number of carbonyl (C=O) groups excluding carboxylic acids is 2. The summed E-state index contributed by atoms with van der Waals surface area (Å²) in [6.07, 6.45) is 0. The lowest BCUT2D eigenvalue weighted by Gasteiger charge is -2.32. The van der Waals surface area contributed by atoms with Gasteiger partial charge in [-0.2, -0.15) is 0 Å². The van der Waals surface area contributed by atoms with Crippen molar-refractivity contribution in [1.82, 2.24) is 9.80 Å². The molecule has 1 fully saturated rings. The molecule has 1 N–H and O–H groups in total. The highest BCUT2D eigenvalue weighted by Gasteiger charge is 2.43. The number of aliphatic hydroxyl groups excluding tert-OH is 1. The van der Waals surface area contributed by atoms with E-state index in [0.717, 1.165) is 13.1 Å². The van der Waals surface area contributed by atoms with Crippen LogP contribution in [0, 0.1) is 0 Å². The minimum absolute atomic E-state index is 0.0706. The summed E-state index contributed by atoms with van der Waals surface area (Å²) >= 11 is 12.3. The monoisotopic (exact) mass is 398 g/mol. The lowest BCUT2D eigenvalue weighted by molar-refractivity contribution is -0.129. The number of morpholine rings is 1. The van der Waals surface area contributed by atoms with E-state index in [1.807, 2.05) is 0 Å². The van der Waals surface area contributed by atoms with Gasteiger partial charge in [0.25, 0.3) is 5.91 Å². The molecule has 2 aliphatic heterocycles. The number of aliphatic hydroxyl groups is 1. The van der Waals surface area contributed by atoms with Gasteiger partial charge in [-0.15, -0.1) is 0 Å². The minimum Gasteiger partial charge on any atom is -0.503 e. The Morgan fingerprint density at radius 2 is 1.96 bits per heavy atom. The molecule has 2 aliphatic rings. The molecule has 1 aromatic carbocycles. The molecule has 0 bridgehead atoms. The molecule has 1 atom stereocenters. The molecule has 1 saturated heterocycles. The van der Waals surface area contributed by atoms with E-state index in [2.05, 4.69) is 4.90 Å². The van der Waals surface area contributed by atoms with E-state index in [9.17, 15) is 14.7 Å². The van der Waals surface area contributed by atoms with Gasteiger partial charge in [0, 0.05) is 36.2 Å². The number of halogens is 2. The maximum atomic E-state index is 12.6. The average Bonchev–Trinajstić information content (AvgIpc) is 2.85. The lowest BCUT2D eigenvalue weighted by atomic mass is 9.96. The molecule has 3 rings (SSSR count). The van der Waals surface area contributed by atoms with Gasteiger partial charge in [-0.3, -0.25) is 14.5 Å². The van der Waals surface area contributed by atoms with Crippen LogP contribution in [0.1, 0.15) is 18.5 Å². The van der Waals surface area contributed by atoms with E-state index in [0.29, 0.717) is 41.9 Å². The topological polar surface area (TPSA) is 70.1 Å². The van der Waals surface area contributed by atoms with Gasteiger partial charge < -0.3 is 14.7 Å². The number of rotatable bonds is 5. The van der Waals surface area contributed by atoms with Crippen molar-refractivity contribution in [3.05, 3.63) is 45.1 Å². The van der Waals surface area contributed by atoms with Crippen molar-refractivity contribution in [2.45, 2.75) is 13.0 Å². The lowest BCUT2D eigenvalue weighted by Crippen LogP contribution is -2.43. The summed E-state index contributed by atoms with van der Waals surface area (Å²) in [5.74, 6) is -1.42. The van der Waals surface area contributed by atoms with Gasteiger partial charge in [-0.1, -0.05) is 29.3 Å². The number of Topliss-reactive ketones (excluding diaryl/α,β-unsaturated/α-hetero) is 1. The van der Waals surface area contributed by atoms with Crippen LogP contribution in [0.25, 0.3) is 0 Å². The third kappa shape index (κ3) is 3.74. The number of benzene rings is 1. The molecule has 8 heteroatoms. The predicted molar refractivity (Wildman–Crippen MR) is 98.5 cm³/mol. The van der Waals surface area contributed by atoms with Crippen LogP contribution >= 0.6 is 23.2 Å². The van der Waals surface area contributed by atoms with Gasteiger partial charge in [0.1, 0.15) is 0 Å². The molecule has 1 unspecified atom stereocenters. The molecular weight excluding hydrogens is 379 g/mol. The molecule has 0 aromatic heterocycles. The molecule has 0 radical (unpaired) electrons. The molecule has 0 spiro atoms. The first kappa shape index (κ1) is 19.2. The molecule has 0 aliphatic carbocycles. The number of amides is 1. The minimum atomic E-state index is -0.717. The average molecular weight is 399 g/mol. The summed E-state index contributed by atoms with van der Waals surface area (Å²) in [7, 11) is 0. The number of hydrogen-bond donors (Lipinski definition) is 1. The van der Waals surface area contributed by atoms with Crippen LogP contribution < -0.4 is 0 Å². The Morgan fingerprint density at radius 1 is 1.27 bits per heavy atom. The smallest absolute Gasteiger partial charge is 0.290 e. The first-order valence-electron chi connectivity index (χ1n) is 8.40. The zero-order chi connectivity index (χ0) is 18.8. The molecule has 1 amide bonds. The first-order valence-corrected chi connectivity index (χ1v) is 9.16. The highest BCUT2D eigenvalue weighted by molar-refractivity contribution is 6.35. The highest BCUT2D eigenvalue weighted by atomic mass is 35.5. The number of ketones is 1. The summed E-state index contributed by atoms with van der Waals surface area (Å²) in [4.78, 5) is 28.4. The van der Waals surface area contributed by atoms with Gasteiger partial charge in [-0.25, -0.2) is 0 Å². The second kappa shape index (κ2) is 7.96. The molecule has 140 valence electrons. The van der Waals surface area contributed by atoms with Gasteiger partial charge in [0.05, 0.1) is 24.8 Å². The zero-order valence-electron chi connectivity index (χ0n) is 14.4. The molecular formula is C18H20Cl2N2O4. The number of hydrogen-bond acceptors (Lipinski definition) is 5. The molecule has 1 aromatic rings. The fourth-order valence-corrected chi connectivity index (χ4v) is 3.88. The summed E-state index contributed by atoms with van der Waals surface area (Å²) in [6.45, 7) is 5.20. The zero-order valence-corrected chi connectivity index (χ0v) is 15.9. The van der Waals surface area contributed by atoms with Gasteiger partial charge >= 0.3 is 0 Å². The maximum Gasteiger partial charge on any atom is 0.290 e. The third-order valence-corrected chi connectivity index (χ3v) is 5.26. The standard InChI is InChI=1S/C18H20Cl2N2O4/c1-11(23)15-16(13-3-2-12(19)10-14(13)20)22(18(25)17(15)24)5-4-21-6-8-26-9-7-21/h2-3,10,16,24H,4-9H2,1H3. The SMILES string of the molecule is CC(=O)C1=C(O)C(=O)N(CCN2CCOCC2)C1c1ccc(Cl)cc1Cl. The maximum absolute atomic E-state index is 12.6. The van der Waals surface area contributed by atoms with E-state index >= 15 is 0 Å². The Hall–Kier alpha value is -1.60. The number of ether oxygens (including phenoxy) is 1. The fourth-order valence-electron chi connectivity index (χ4n) is 3.36. The van der Waals surface area contributed by atoms with E-state index in [-0.39, 0.29) is 11.4 Å². The molecule has 0 saturated carbocycles. The van der Waals surface area contributed by atoms with Crippen molar-refractivity contribution in [2.75, 3.05) is 39.4 Å². The Labute approximate surface area is 161 Å². The van der Waals surface area contributed by atoms with Crippen LogP contribution in [0.2, 0.25) is 10.0 Å². The van der Waals surface area contributed by atoms with Gasteiger partial charge in [-0.05, 0) is 24.6 Å². The normalized spacial score (nSPS) is 21.6. The summed E-state index contributed by atoms with van der Waals surface area (Å²) < 4.78 is 5.33. The summed E-state index contributed by atoms with van der Waals surface area (Å²) in [5, 5.41) is 11.1. The van der Waals surface area contributed by atoms with E-state index in [4.69, 9.17) is 27.9 Å². The first-order chi connectivity index (χ1) is 12.4. The summed E-state index contributed by atoms with van der Waals surface area (Å²) in [6, 6.07) is 4.19. The van der Waals surface area contributed by atoms with Crippen LogP contribution in [0.3, 0.4) is 0 Å². The predicted octanol–water partition coefficient (Wildman–Crippen LogP) is 2.61. The van der Waals surface area contributed by atoms with Crippen LogP contribution in [0.4, 0.5) is 0 Å². The van der Waals surface area contributed by atoms with E-state index in [1.165, 1.54) is 11.8 Å². The quantitative estimate of drug-likeness (QED) is 0.825. The number of carbonyl (C=O) groups is 2. The Bertz CT molecular complexity index is 760. The van der Waals surface area contributed by atoms with E-state index in [1.54, 1.807) is 18.2 Å². The van der Waals surface area contributed by atoms with E-state index < -0.39 is 17.7 Å². The van der Waals surface area contributed by atoms with Crippen LogP contribution in [0.15, 0.2) is 29.5 Å². The Kier molecular flexibility index (Phi) is 5.87. The molecule has 26 heavy (non-hydrogen) atoms. The Balaban J connectivity index is 1.91. The second-order valence-corrected chi connectivity index (χ2v) is 7.18. The van der Waals surface area contributed by atoms with Gasteiger partial charge in [0.2, 0.25) is 0 Å². The van der Waals surface area contributed by atoms with Crippen molar-refractivity contribution < 1.29 is 19.4 Å². The van der Waals surface area contributed by atoms with Crippen molar-refractivity contribution in [2.24, 2.45) is 0 Å². The highest BCUT2D eigenvalue weighted by Crippen LogP contribution is 2.40. The Morgan fingerprint density at radius 3 is 2.58 bits per heavy atom. The van der Waals surface area contributed by atoms with Crippen molar-refractivity contribution in [1.29, 1.82) is 0 Å². The molecule has 2 heterocycles. The third-order valence-electron chi connectivity index (χ3n) is 4.70. The van der Waals surface area contributed by atoms with Gasteiger partial charge in [0.15, 0.2) is 11.5 Å². The van der Waals surface area contributed by atoms with Crippen LogP contribution in [0.5, 0.6) is 0 Å².